The van der Waals surface area contributed by atoms with Crippen LogP contribution in [-0.2, 0) is 28.9 Å². The minimum atomic E-state index is -0.230. The summed E-state index contributed by atoms with van der Waals surface area (Å²) in [6, 6.07) is 4.60. The normalized spacial score (nSPS) is 25.1. The monoisotopic (exact) mass is 372 g/mol. The average Bonchev–Trinajstić information content (AvgIpc) is 3.14. The molecule has 0 radical (unpaired) electrons. The molecule has 4 rings (SSSR count). The number of methoxy groups -OCH3 is 2. The molecular formula is C22H32N2O3. The Morgan fingerprint density at radius 1 is 1.15 bits per heavy atom. The predicted octanol–water partition coefficient (Wildman–Crippen LogP) is 2.64. The summed E-state index contributed by atoms with van der Waals surface area (Å²) in [7, 11) is 5.45. The topological polar surface area (TPSA) is 42.0 Å². The highest BCUT2D eigenvalue weighted by atomic mass is 16.5. The summed E-state index contributed by atoms with van der Waals surface area (Å²) in [5, 5.41) is 0. The second-order valence-electron chi connectivity index (χ2n) is 8.59. The van der Waals surface area contributed by atoms with Gasteiger partial charge in [0.25, 0.3) is 0 Å². The van der Waals surface area contributed by atoms with Gasteiger partial charge in [-0.15, -0.1) is 0 Å². The first kappa shape index (κ1) is 18.8. The molecule has 0 N–H and O–H groups in total. The maximum Gasteiger partial charge on any atom is 0.228 e. The number of likely N-dealkylation sites (N-methyl/N-ethyl adjacent to an activating group) is 1. The van der Waals surface area contributed by atoms with Crippen molar-refractivity contribution < 1.29 is 14.3 Å². The second-order valence-corrected chi connectivity index (χ2v) is 8.59. The number of amides is 1. The SMILES string of the molecule is COc1cc2c(cc1CN1CCC3(CC1)CC(OC)CN(C)C3=O)CCC2. The Bertz CT molecular complexity index is 710. The van der Waals surface area contributed by atoms with E-state index in [1.54, 1.807) is 14.2 Å². The molecule has 2 heterocycles. The summed E-state index contributed by atoms with van der Waals surface area (Å²) in [6.45, 7) is 3.53. The number of rotatable bonds is 4. The van der Waals surface area contributed by atoms with Crippen LogP contribution in [0.5, 0.6) is 5.75 Å². The van der Waals surface area contributed by atoms with Gasteiger partial charge in [0.2, 0.25) is 5.91 Å². The molecule has 2 fully saturated rings. The van der Waals surface area contributed by atoms with Gasteiger partial charge in [0.1, 0.15) is 5.75 Å². The van der Waals surface area contributed by atoms with Gasteiger partial charge in [-0.3, -0.25) is 9.69 Å². The van der Waals surface area contributed by atoms with Crippen molar-refractivity contribution in [3.05, 3.63) is 28.8 Å². The molecule has 1 atom stereocenters. The van der Waals surface area contributed by atoms with Gasteiger partial charge in [0.15, 0.2) is 0 Å². The fraction of sp³-hybridized carbons (Fsp3) is 0.682. The van der Waals surface area contributed by atoms with Gasteiger partial charge in [-0.05, 0) is 68.8 Å². The first-order chi connectivity index (χ1) is 13.0. The van der Waals surface area contributed by atoms with Crippen molar-refractivity contribution in [3.63, 3.8) is 0 Å². The molecule has 1 amide bonds. The minimum absolute atomic E-state index is 0.163. The smallest absolute Gasteiger partial charge is 0.228 e. The molecule has 1 aromatic carbocycles. The minimum Gasteiger partial charge on any atom is -0.496 e. The number of benzene rings is 1. The van der Waals surface area contributed by atoms with Crippen LogP contribution in [0.1, 0.15) is 42.4 Å². The number of piperidine rings is 2. The molecule has 1 unspecified atom stereocenters. The number of carbonyl (C=O) groups excluding carboxylic acids is 1. The quantitative estimate of drug-likeness (QED) is 0.815. The van der Waals surface area contributed by atoms with E-state index in [0.717, 1.165) is 44.6 Å². The van der Waals surface area contributed by atoms with Gasteiger partial charge in [-0.1, -0.05) is 6.07 Å². The van der Waals surface area contributed by atoms with Crippen molar-refractivity contribution in [2.24, 2.45) is 5.41 Å². The van der Waals surface area contributed by atoms with E-state index >= 15 is 0 Å². The zero-order valence-electron chi connectivity index (χ0n) is 16.9. The molecule has 0 bridgehead atoms. The highest BCUT2D eigenvalue weighted by Crippen LogP contribution is 2.42. The van der Waals surface area contributed by atoms with Gasteiger partial charge in [-0.2, -0.15) is 0 Å². The first-order valence-electron chi connectivity index (χ1n) is 10.2. The lowest BCUT2D eigenvalue weighted by molar-refractivity contribution is -0.156. The van der Waals surface area contributed by atoms with E-state index in [2.05, 4.69) is 17.0 Å². The van der Waals surface area contributed by atoms with Crippen LogP contribution in [-0.4, -0.2) is 62.7 Å². The van der Waals surface area contributed by atoms with Crippen molar-refractivity contribution in [3.8, 4) is 5.75 Å². The first-order valence-corrected chi connectivity index (χ1v) is 10.2. The molecular weight excluding hydrogens is 340 g/mol. The van der Waals surface area contributed by atoms with Crippen molar-refractivity contribution >= 4 is 5.91 Å². The average molecular weight is 373 g/mol. The van der Waals surface area contributed by atoms with Gasteiger partial charge in [0, 0.05) is 32.8 Å². The second kappa shape index (κ2) is 7.44. The van der Waals surface area contributed by atoms with E-state index in [1.807, 2.05) is 11.9 Å². The van der Waals surface area contributed by atoms with Crippen molar-refractivity contribution in [1.82, 2.24) is 9.80 Å². The fourth-order valence-electron chi connectivity index (χ4n) is 5.30. The lowest BCUT2D eigenvalue weighted by Crippen LogP contribution is -2.56. The zero-order chi connectivity index (χ0) is 19.0. The Kier molecular flexibility index (Phi) is 5.17. The van der Waals surface area contributed by atoms with E-state index in [1.165, 1.54) is 36.0 Å². The van der Waals surface area contributed by atoms with Gasteiger partial charge in [0.05, 0.1) is 18.6 Å². The number of carbonyl (C=O) groups is 1. The number of fused-ring (bicyclic) bond motifs is 1. The van der Waals surface area contributed by atoms with Gasteiger partial charge in [-0.25, -0.2) is 0 Å². The highest BCUT2D eigenvalue weighted by Gasteiger charge is 2.47. The molecule has 3 aliphatic rings. The summed E-state index contributed by atoms with van der Waals surface area (Å²) in [5.41, 5.74) is 4.00. The maximum absolute atomic E-state index is 12.9. The Labute approximate surface area is 162 Å². The predicted molar refractivity (Wildman–Crippen MR) is 105 cm³/mol. The molecule has 27 heavy (non-hydrogen) atoms. The van der Waals surface area contributed by atoms with Gasteiger partial charge < -0.3 is 14.4 Å². The van der Waals surface area contributed by atoms with E-state index < -0.39 is 0 Å². The number of aryl methyl sites for hydroxylation is 2. The Hall–Kier alpha value is -1.59. The number of nitrogens with zero attached hydrogens (tertiary/aromatic N) is 2. The fourth-order valence-corrected chi connectivity index (χ4v) is 5.30. The molecule has 2 aliphatic heterocycles. The van der Waals surface area contributed by atoms with Crippen LogP contribution in [0.15, 0.2) is 12.1 Å². The molecule has 1 spiro atoms. The zero-order valence-corrected chi connectivity index (χ0v) is 16.9. The highest BCUT2D eigenvalue weighted by molar-refractivity contribution is 5.83. The van der Waals surface area contributed by atoms with E-state index in [-0.39, 0.29) is 11.5 Å². The molecule has 5 heteroatoms. The standard InChI is InChI=1S/C22H32N2O3/c1-23-15-19(26-2)13-22(21(23)25)7-9-24(10-8-22)14-18-11-16-5-4-6-17(16)12-20(18)27-3/h11-12,19H,4-10,13-15H2,1-3H3. The Morgan fingerprint density at radius 2 is 1.85 bits per heavy atom. The third-order valence-corrected chi connectivity index (χ3v) is 6.93. The van der Waals surface area contributed by atoms with Crippen LogP contribution in [0.4, 0.5) is 0 Å². The largest absolute Gasteiger partial charge is 0.496 e. The van der Waals surface area contributed by atoms with E-state index in [0.29, 0.717) is 12.5 Å². The Morgan fingerprint density at radius 3 is 2.52 bits per heavy atom. The number of hydrogen-bond acceptors (Lipinski definition) is 4. The summed E-state index contributed by atoms with van der Waals surface area (Å²) >= 11 is 0. The maximum atomic E-state index is 12.9. The van der Waals surface area contributed by atoms with Crippen LogP contribution in [0.2, 0.25) is 0 Å². The van der Waals surface area contributed by atoms with Crippen molar-refractivity contribution in [1.29, 1.82) is 0 Å². The van der Waals surface area contributed by atoms with Crippen LogP contribution in [0.3, 0.4) is 0 Å². The van der Waals surface area contributed by atoms with Crippen molar-refractivity contribution in [2.75, 3.05) is 40.9 Å². The summed E-state index contributed by atoms with van der Waals surface area (Å²) in [4.78, 5) is 17.2. The van der Waals surface area contributed by atoms with Crippen LogP contribution in [0.25, 0.3) is 0 Å². The van der Waals surface area contributed by atoms with E-state index in [9.17, 15) is 4.79 Å². The van der Waals surface area contributed by atoms with Crippen LogP contribution < -0.4 is 4.74 Å². The third-order valence-electron chi connectivity index (χ3n) is 6.93. The number of likely N-dealkylation sites (tertiary alicyclic amines) is 2. The summed E-state index contributed by atoms with van der Waals surface area (Å²) in [5.74, 6) is 1.33. The summed E-state index contributed by atoms with van der Waals surface area (Å²) < 4.78 is 11.3. The molecule has 1 aliphatic carbocycles. The molecule has 1 aromatic rings. The Balaban J connectivity index is 1.45. The third kappa shape index (κ3) is 3.47. The lowest BCUT2D eigenvalue weighted by Gasteiger charge is -2.47. The lowest BCUT2D eigenvalue weighted by atomic mass is 9.71. The molecule has 0 aromatic heterocycles. The molecule has 5 nitrogen and oxygen atoms in total. The molecule has 2 saturated heterocycles. The van der Waals surface area contributed by atoms with E-state index in [4.69, 9.17) is 9.47 Å². The van der Waals surface area contributed by atoms with Gasteiger partial charge >= 0.3 is 0 Å². The number of ether oxygens (including phenoxy) is 2. The summed E-state index contributed by atoms with van der Waals surface area (Å²) in [6.07, 6.45) is 6.49. The van der Waals surface area contributed by atoms with Crippen LogP contribution >= 0.6 is 0 Å². The number of hydrogen-bond donors (Lipinski definition) is 0. The van der Waals surface area contributed by atoms with Crippen LogP contribution in [0, 0.1) is 5.41 Å². The van der Waals surface area contributed by atoms with Crippen molar-refractivity contribution in [2.45, 2.75) is 51.2 Å². The molecule has 0 saturated carbocycles. The molecule has 148 valence electrons.